The van der Waals surface area contributed by atoms with Gasteiger partial charge in [0.2, 0.25) is 5.95 Å². The van der Waals surface area contributed by atoms with Crippen LogP contribution in [-0.2, 0) is 6.54 Å². The minimum Gasteiger partial charge on any atom is -0.366 e. The lowest BCUT2D eigenvalue weighted by Gasteiger charge is -2.09. The summed E-state index contributed by atoms with van der Waals surface area (Å²) in [6, 6.07) is 13.8. The number of aryl methyl sites for hydroxylation is 1. The molecule has 0 amide bonds. The van der Waals surface area contributed by atoms with E-state index in [-0.39, 0.29) is 5.82 Å². The van der Waals surface area contributed by atoms with Crippen molar-refractivity contribution in [3.05, 3.63) is 76.7 Å². The predicted octanol–water partition coefficient (Wildman–Crippen LogP) is 4.93. The Morgan fingerprint density at radius 2 is 1.88 bits per heavy atom. The van der Waals surface area contributed by atoms with Crippen LogP contribution in [0.25, 0.3) is 0 Å². The first kappa shape index (κ1) is 16.2. The lowest BCUT2D eigenvalue weighted by molar-refractivity contribution is 0.627. The van der Waals surface area contributed by atoms with E-state index >= 15 is 0 Å². The second-order valence-electron chi connectivity index (χ2n) is 5.33. The van der Waals surface area contributed by atoms with Gasteiger partial charge in [0, 0.05) is 23.5 Å². The second kappa shape index (κ2) is 7.27. The van der Waals surface area contributed by atoms with E-state index in [1.807, 2.05) is 25.1 Å². The van der Waals surface area contributed by atoms with Crippen LogP contribution in [0.15, 0.2) is 54.7 Å². The zero-order valence-electron chi connectivity index (χ0n) is 13.1. The first-order valence-corrected chi connectivity index (χ1v) is 7.82. The maximum absolute atomic E-state index is 12.9. The SMILES string of the molecule is Cc1ccc(Nc2nccc(NCc3ccc(F)cc3)n2)cc1Cl. The van der Waals surface area contributed by atoms with Crippen LogP contribution in [0.5, 0.6) is 0 Å². The van der Waals surface area contributed by atoms with Gasteiger partial charge in [0.1, 0.15) is 11.6 Å². The van der Waals surface area contributed by atoms with E-state index in [0.717, 1.165) is 16.8 Å². The van der Waals surface area contributed by atoms with Crippen LogP contribution in [0.1, 0.15) is 11.1 Å². The van der Waals surface area contributed by atoms with Crippen molar-refractivity contribution in [2.45, 2.75) is 13.5 Å². The fourth-order valence-electron chi connectivity index (χ4n) is 2.11. The molecule has 1 heterocycles. The van der Waals surface area contributed by atoms with Crippen LogP contribution in [0.3, 0.4) is 0 Å². The van der Waals surface area contributed by atoms with Crippen molar-refractivity contribution in [1.29, 1.82) is 0 Å². The molecule has 0 saturated heterocycles. The highest BCUT2D eigenvalue weighted by atomic mass is 35.5. The minimum atomic E-state index is -0.246. The molecule has 6 heteroatoms. The maximum Gasteiger partial charge on any atom is 0.229 e. The number of hydrogen-bond donors (Lipinski definition) is 2. The van der Waals surface area contributed by atoms with Crippen molar-refractivity contribution in [3.63, 3.8) is 0 Å². The summed E-state index contributed by atoms with van der Waals surface area (Å²) in [6.45, 7) is 2.50. The molecule has 2 N–H and O–H groups in total. The summed E-state index contributed by atoms with van der Waals surface area (Å²) in [4.78, 5) is 8.60. The number of benzene rings is 2. The van der Waals surface area contributed by atoms with Crippen molar-refractivity contribution in [2.75, 3.05) is 10.6 Å². The largest absolute Gasteiger partial charge is 0.366 e. The molecule has 0 unspecified atom stereocenters. The molecule has 3 rings (SSSR count). The topological polar surface area (TPSA) is 49.8 Å². The highest BCUT2D eigenvalue weighted by molar-refractivity contribution is 6.31. The Labute approximate surface area is 144 Å². The number of rotatable bonds is 5. The van der Waals surface area contributed by atoms with Crippen molar-refractivity contribution in [3.8, 4) is 0 Å². The Morgan fingerprint density at radius 1 is 1.08 bits per heavy atom. The van der Waals surface area contributed by atoms with E-state index in [4.69, 9.17) is 11.6 Å². The van der Waals surface area contributed by atoms with E-state index < -0.39 is 0 Å². The molecule has 4 nitrogen and oxygen atoms in total. The molecule has 0 bridgehead atoms. The van der Waals surface area contributed by atoms with Crippen LogP contribution >= 0.6 is 11.6 Å². The Balaban J connectivity index is 1.67. The molecule has 0 atom stereocenters. The van der Waals surface area contributed by atoms with Crippen LogP contribution in [0, 0.1) is 12.7 Å². The Bertz CT molecular complexity index is 837. The number of nitrogens with zero attached hydrogens (tertiary/aromatic N) is 2. The molecule has 24 heavy (non-hydrogen) atoms. The molecular formula is C18H16ClFN4. The van der Waals surface area contributed by atoms with Gasteiger partial charge in [0.25, 0.3) is 0 Å². The quantitative estimate of drug-likeness (QED) is 0.690. The zero-order valence-corrected chi connectivity index (χ0v) is 13.8. The molecular weight excluding hydrogens is 327 g/mol. The van der Waals surface area contributed by atoms with Crippen molar-refractivity contribution >= 4 is 29.1 Å². The average Bonchev–Trinajstić information content (AvgIpc) is 2.58. The van der Waals surface area contributed by atoms with Crippen molar-refractivity contribution in [2.24, 2.45) is 0 Å². The summed E-state index contributed by atoms with van der Waals surface area (Å²) in [5, 5.41) is 6.99. The van der Waals surface area contributed by atoms with Gasteiger partial charge < -0.3 is 10.6 Å². The molecule has 1 aromatic heterocycles. The van der Waals surface area contributed by atoms with Crippen LogP contribution in [-0.4, -0.2) is 9.97 Å². The van der Waals surface area contributed by atoms with Gasteiger partial charge in [0.15, 0.2) is 0 Å². The van der Waals surface area contributed by atoms with Gasteiger partial charge in [-0.2, -0.15) is 4.98 Å². The Kier molecular flexibility index (Phi) is 4.91. The average molecular weight is 343 g/mol. The third-order valence-electron chi connectivity index (χ3n) is 3.47. The zero-order chi connectivity index (χ0) is 16.9. The molecule has 0 aliphatic rings. The fourth-order valence-corrected chi connectivity index (χ4v) is 2.29. The molecule has 0 spiro atoms. The molecule has 0 radical (unpaired) electrons. The molecule has 0 aliphatic heterocycles. The summed E-state index contributed by atoms with van der Waals surface area (Å²) < 4.78 is 12.9. The highest BCUT2D eigenvalue weighted by Crippen LogP contribution is 2.22. The van der Waals surface area contributed by atoms with E-state index in [1.165, 1.54) is 12.1 Å². The molecule has 3 aromatic rings. The lowest BCUT2D eigenvalue weighted by atomic mass is 10.2. The summed E-state index contributed by atoms with van der Waals surface area (Å²) in [7, 11) is 0. The number of anilines is 3. The second-order valence-corrected chi connectivity index (χ2v) is 5.74. The van der Waals surface area contributed by atoms with Gasteiger partial charge in [-0.15, -0.1) is 0 Å². The maximum atomic E-state index is 12.9. The van der Waals surface area contributed by atoms with Crippen LogP contribution < -0.4 is 10.6 Å². The molecule has 0 aliphatic carbocycles. The normalized spacial score (nSPS) is 10.5. The predicted molar refractivity (Wildman–Crippen MR) is 95.2 cm³/mol. The highest BCUT2D eigenvalue weighted by Gasteiger charge is 2.03. The first-order valence-electron chi connectivity index (χ1n) is 7.45. The van der Waals surface area contributed by atoms with Crippen LogP contribution in [0.4, 0.5) is 21.8 Å². The molecule has 0 fully saturated rings. The summed E-state index contributed by atoms with van der Waals surface area (Å²) >= 11 is 6.12. The lowest BCUT2D eigenvalue weighted by Crippen LogP contribution is -2.04. The van der Waals surface area contributed by atoms with Gasteiger partial charge in [-0.05, 0) is 48.4 Å². The number of halogens is 2. The number of hydrogen-bond acceptors (Lipinski definition) is 4. The van der Waals surface area contributed by atoms with Gasteiger partial charge in [0.05, 0.1) is 0 Å². The van der Waals surface area contributed by atoms with Gasteiger partial charge >= 0.3 is 0 Å². The van der Waals surface area contributed by atoms with Crippen molar-refractivity contribution < 1.29 is 4.39 Å². The standard InChI is InChI=1S/C18H16ClFN4/c1-12-2-7-15(10-16(12)19)23-18-21-9-8-17(24-18)22-11-13-3-5-14(20)6-4-13/h2-10H,11H2,1H3,(H2,21,22,23,24). The molecule has 0 saturated carbocycles. The third-order valence-corrected chi connectivity index (χ3v) is 3.88. The van der Waals surface area contributed by atoms with Crippen molar-refractivity contribution in [1.82, 2.24) is 9.97 Å². The van der Waals surface area contributed by atoms with Gasteiger partial charge in [-0.3, -0.25) is 0 Å². The van der Waals surface area contributed by atoms with E-state index in [0.29, 0.717) is 23.3 Å². The van der Waals surface area contributed by atoms with Crippen LogP contribution in [0.2, 0.25) is 5.02 Å². The summed E-state index contributed by atoms with van der Waals surface area (Å²) in [5.41, 5.74) is 2.80. The van der Waals surface area contributed by atoms with E-state index in [1.54, 1.807) is 24.4 Å². The summed E-state index contributed by atoms with van der Waals surface area (Å²) in [5.74, 6) is 0.901. The van der Waals surface area contributed by atoms with Gasteiger partial charge in [-0.25, -0.2) is 9.37 Å². The number of aromatic nitrogens is 2. The Morgan fingerprint density at radius 3 is 2.62 bits per heavy atom. The van der Waals surface area contributed by atoms with E-state index in [9.17, 15) is 4.39 Å². The fraction of sp³-hybridized carbons (Fsp3) is 0.111. The van der Waals surface area contributed by atoms with Gasteiger partial charge in [-0.1, -0.05) is 29.8 Å². The Hall–Kier alpha value is -2.66. The first-order chi connectivity index (χ1) is 11.6. The smallest absolute Gasteiger partial charge is 0.229 e. The number of nitrogens with one attached hydrogen (secondary N) is 2. The third kappa shape index (κ3) is 4.20. The monoisotopic (exact) mass is 342 g/mol. The minimum absolute atomic E-state index is 0.246. The molecule has 2 aromatic carbocycles. The molecule has 122 valence electrons. The van der Waals surface area contributed by atoms with E-state index in [2.05, 4.69) is 20.6 Å². The summed E-state index contributed by atoms with van der Waals surface area (Å²) in [6.07, 6.45) is 1.66.